The molecular weight excluding hydrogens is 248 g/mol. The molecule has 1 fully saturated rings. The van der Waals surface area contributed by atoms with Gasteiger partial charge in [0.2, 0.25) is 0 Å². The third-order valence-electron chi connectivity index (χ3n) is 4.10. The minimum Gasteiger partial charge on any atom is -0.343 e. The summed E-state index contributed by atoms with van der Waals surface area (Å²) in [6.45, 7) is 5.79. The second kappa shape index (κ2) is 7.80. The summed E-state index contributed by atoms with van der Waals surface area (Å²) < 4.78 is 11.9. The van der Waals surface area contributed by atoms with E-state index in [1.165, 1.54) is 49.7 Å². The molecule has 0 unspecified atom stereocenters. The highest BCUT2D eigenvalue weighted by Gasteiger charge is 2.37. The van der Waals surface area contributed by atoms with E-state index in [1.807, 2.05) is 0 Å². The zero-order valence-corrected chi connectivity index (χ0v) is 13.0. The Hall–Kier alpha value is -0.860. The summed E-state index contributed by atoms with van der Waals surface area (Å²) in [6, 6.07) is 8.59. The van der Waals surface area contributed by atoms with E-state index >= 15 is 0 Å². The van der Waals surface area contributed by atoms with Gasteiger partial charge in [-0.25, -0.2) is 0 Å². The van der Waals surface area contributed by atoms with Crippen molar-refractivity contribution in [2.45, 2.75) is 64.6 Å². The second-order valence-electron chi connectivity index (χ2n) is 5.83. The number of benzene rings is 1. The molecule has 20 heavy (non-hydrogen) atoms. The van der Waals surface area contributed by atoms with Crippen LogP contribution in [0.2, 0.25) is 0 Å². The molecule has 112 valence electrons. The van der Waals surface area contributed by atoms with E-state index in [2.05, 4.69) is 38.1 Å². The number of rotatable bonds is 8. The fraction of sp³-hybridized carbons (Fsp3) is 0.667. The van der Waals surface area contributed by atoms with Gasteiger partial charge in [-0.15, -0.1) is 0 Å². The molecule has 0 amide bonds. The fourth-order valence-electron chi connectivity index (χ4n) is 2.86. The Balaban J connectivity index is 1.88. The maximum atomic E-state index is 5.97. The Bertz CT molecular complexity index is 377. The van der Waals surface area contributed by atoms with Crippen molar-refractivity contribution >= 4 is 0 Å². The molecule has 1 aliphatic rings. The van der Waals surface area contributed by atoms with E-state index in [4.69, 9.17) is 9.47 Å². The van der Waals surface area contributed by atoms with E-state index in [9.17, 15) is 0 Å². The summed E-state index contributed by atoms with van der Waals surface area (Å²) in [7, 11) is 0. The molecule has 0 radical (unpaired) electrons. The number of aryl methyl sites for hydroxylation is 1. The van der Waals surface area contributed by atoms with Crippen molar-refractivity contribution in [1.82, 2.24) is 0 Å². The summed E-state index contributed by atoms with van der Waals surface area (Å²) in [5, 5.41) is 0. The molecule has 2 nitrogen and oxygen atoms in total. The van der Waals surface area contributed by atoms with Crippen LogP contribution in [0.3, 0.4) is 0 Å². The second-order valence-corrected chi connectivity index (χ2v) is 5.83. The van der Waals surface area contributed by atoms with Gasteiger partial charge in [-0.3, -0.25) is 0 Å². The lowest BCUT2D eigenvalue weighted by Crippen LogP contribution is -2.27. The molecule has 0 bridgehead atoms. The van der Waals surface area contributed by atoms with E-state index in [0.717, 1.165) is 6.42 Å². The standard InChI is InChI=1S/C18H28O2/c1-3-4-5-6-7-8-13-18(19-14-15-20-18)17-11-9-16(2)10-12-17/h9-12H,3-8,13-15H2,1-2H3. The van der Waals surface area contributed by atoms with Gasteiger partial charge in [0, 0.05) is 12.0 Å². The van der Waals surface area contributed by atoms with E-state index < -0.39 is 5.79 Å². The fourth-order valence-corrected chi connectivity index (χ4v) is 2.86. The maximum absolute atomic E-state index is 5.97. The van der Waals surface area contributed by atoms with Crippen LogP contribution >= 0.6 is 0 Å². The summed E-state index contributed by atoms with van der Waals surface area (Å²) in [4.78, 5) is 0. The highest BCUT2D eigenvalue weighted by molar-refractivity contribution is 5.25. The molecule has 1 aliphatic heterocycles. The third kappa shape index (κ3) is 4.07. The Morgan fingerprint density at radius 3 is 2.15 bits per heavy atom. The maximum Gasteiger partial charge on any atom is 0.194 e. The van der Waals surface area contributed by atoms with Crippen LogP contribution in [0.25, 0.3) is 0 Å². The number of unbranched alkanes of at least 4 members (excludes halogenated alkanes) is 5. The Labute approximate surface area is 123 Å². The van der Waals surface area contributed by atoms with E-state index in [-0.39, 0.29) is 0 Å². The zero-order valence-electron chi connectivity index (χ0n) is 13.0. The molecule has 2 heteroatoms. The monoisotopic (exact) mass is 276 g/mol. The Morgan fingerprint density at radius 2 is 1.50 bits per heavy atom. The molecule has 0 aliphatic carbocycles. The first-order valence-electron chi connectivity index (χ1n) is 8.12. The van der Waals surface area contributed by atoms with Crippen LogP contribution in [-0.2, 0) is 15.3 Å². The molecule has 0 aromatic heterocycles. The SMILES string of the molecule is CCCCCCCCC1(c2ccc(C)cc2)OCCO1. The number of ether oxygens (including phenoxy) is 2. The molecule has 2 rings (SSSR count). The number of hydrogen-bond acceptors (Lipinski definition) is 2. The Morgan fingerprint density at radius 1 is 0.900 bits per heavy atom. The van der Waals surface area contributed by atoms with Crippen molar-refractivity contribution in [1.29, 1.82) is 0 Å². The van der Waals surface area contributed by atoms with Crippen LogP contribution in [0.15, 0.2) is 24.3 Å². The van der Waals surface area contributed by atoms with Gasteiger partial charge in [0.15, 0.2) is 5.79 Å². The normalized spacial score (nSPS) is 17.5. The van der Waals surface area contributed by atoms with E-state index in [0.29, 0.717) is 13.2 Å². The first kappa shape index (κ1) is 15.5. The molecule has 0 spiro atoms. The van der Waals surface area contributed by atoms with Crippen molar-refractivity contribution in [3.05, 3.63) is 35.4 Å². The lowest BCUT2D eigenvalue weighted by molar-refractivity contribution is -0.171. The molecule has 1 aromatic rings. The minimum atomic E-state index is -0.474. The van der Waals surface area contributed by atoms with Gasteiger partial charge in [0.25, 0.3) is 0 Å². The van der Waals surface area contributed by atoms with Crippen molar-refractivity contribution in [2.75, 3.05) is 13.2 Å². The molecule has 0 N–H and O–H groups in total. The first-order chi connectivity index (χ1) is 9.77. The average molecular weight is 276 g/mol. The highest BCUT2D eigenvalue weighted by Crippen LogP contribution is 2.36. The predicted octanol–water partition coefficient (Wildman–Crippen LogP) is 4.95. The van der Waals surface area contributed by atoms with E-state index in [1.54, 1.807) is 0 Å². The van der Waals surface area contributed by atoms with Crippen LogP contribution in [0.4, 0.5) is 0 Å². The third-order valence-corrected chi connectivity index (χ3v) is 4.10. The smallest absolute Gasteiger partial charge is 0.194 e. The zero-order chi connectivity index (χ0) is 14.3. The lowest BCUT2D eigenvalue weighted by Gasteiger charge is -2.28. The van der Waals surface area contributed by atoms with Gasteiger partial charge in [-0.2, -0.15) is 0 Å². The largest absolute Gasteiger partial charge is 0.343 e. The molecule has 1 saturated heterocycles. The first-order valence-corrected chi connectivity index (χ1v) is 8.12. The molecule has 0 atom stereocenters. The van der Waals surface area contributed by atoms with Crippen molar-refractivity contribution in [3.8, 4) is 0 Å². The van der Waals surface area contributed by atoms with Crippen molar-refractivity contribution < 1.29 is 9.47 Å². The van der Waals surface area contributed by atoms with Gasteiger partial charge >= 0.3 is 0 Å². The molecular formula is C18H28O2. The van der Waals surface area contributed by atoms with Gasteiger partial charge in [0.05, 0.1) is 13.2 Å². The van der Waals surface area contributed by atoms with Gasteiger partial charge < -0.3 is 9.47 Å². The van der Waals surface area contributed by atoms with Crippen molar-refractivity contribution in [3.63, 3.8) is 0 Å². The summed E-state index contributed by atoms with van der Waals surface area (Å²) in [5.41, 5.74) is 2.45. The lowest BCUT2D eigenvalue weighted by atomic mass is 9.97. The number of hydrogen-bond donors (Lipinski definition) is 0. The summed E-state index contributed by atoms with van der Waals surface area (Å²) in [5.74, 6) is -0.474. The molecule has 0 saturated carbocycles. The van der Waals surface area contributed by atoms with Crippen LogP contribution in [0.5, 0.6) is 0 Å². The average Bonchev–Trinajstić information content (AvgIpc) is 2.93. The summed E-state index contributed by atoms with van der Waals surface area (Å²) in [6.07, 6.45) is 8.78. The highest BCUT2D eigenvalue weighted by atomic mass is 16.7. The van der Waals surface area contributed by atoms with Gasteiger partial charge in [-0.05, 0) is 13.3 Å². The van der Waals surface area contributed by atoms with Crippen LogP contribution in [-0.4, -0.2) is 13.2 Å². The predicted molar refractivity (Wildman–Crippen MR) is 82.8 cm³/mol. The molecule has 1 heterocycles. The quantitative estimate of drug-likeness (QED) is 0.626. The van der Waals surface area contributed by atoms with Crippen molar-refractivity contribution in [2.24, 2.45) is 0 Å². The topological polar surface area (TPSA) is 18.5 Å². The summed E-state index contributed by atoms with van der Waals surface area (Å²) >= 11 is 0. The van der Waals surface area contributed by atoms with Gasteiger partial charge in [0.1, 0.15) is 0 Å². The Kier molecular flexibility index (Phi) is 6.06. The van der Waals surface area contributed by atoms with Crippen LogP contribution in [0.1, 0.15) is 63.0 Å². The minimum absolute atomic E-state index is 0.474. The van der Waals surface area contributed by atoms with Gasteiger partial charge in [-0.1, -0.05) is 68.9 Å². The molecule has 1 aromatic carbocycles. The van der Waals surface area contributed by atoms with Crippen LogP contribution in [0, 0.1) is 6.92 Å². The van der Waals surface area contributed by atoms with Crippen LogP contribution < -0.4 is 0 Å².